The molecule has 2 aliphatic carbocycles. The maximum Gasteiger partial charge on any atom is 0.249 e. The van der Waals surface area contributed by atoms with E-state index in [9.17, 15) is 24.0 Å². The normalized spacial score (nSPS) is 24.0. The number of rotatable bonds is 10. The predicted octanol–water partition coefficient (Wildman–Crippen LogP) is 3.85. The Hall–Kier alpha value is -3.17. The lowest BCUT2D eigenvalue weighted by Crippen LogP contribution is -2.59. The third kappa shape index (κ3) is 7.42. The monoisotopic (exact) mass is 581 g/mol. The number of ketones is 1. The first-order valence-corrected chi connectivity index (χ1v) is 15.7. The summed E-state index contributed by atoms with van der Waals surface area (Å²) in [5, 5.41) is 5.59. The first kappa shape index (κ1) is 31.8. The summed E-state index contributed by atoms with van der Waals surface area (Å²) >= 11 is 0. The second-order valence-corrected chi connectivity index (χ2v) is 13.5. The van der Waals surface area contributed by atoms with Crippen LogP contribution in [0.1, 0.15) is 109 Å². The number of fused-ring (bicyclic) bond motifs is 1. The molecule has 3 fully saturated rings. The smallest absolute Gasteiger partial charge is 0.249 e. The summed E-state index contributed by atoms with van der Waals surface area (Å²) < 4.78 is 0. The number of nitrogens with one attached hydrogen (secondary N) is 2. The summed E-state index contributed by atoms with van der Waals surface area (Å²) in [4.78, 5) is 76.9. The Morgan fingerprint density at radius 3 is 2.38 bits per heavy atom. The van der Waals surface area contributed by atoms with E-state index in [1.54, 1.807) is 4.90 Å². The van der Waals surface area contributed by atoms with Crippen molar-refractivity contribution in [2.75, 3.05) is 6.54 Å². The van der Waals surface area contributed by atoms with Crippen LogP contribution in [0, 0.1) is 29.1 Å². The van der Waals surface area contributed by atoms with Gasteiger partial charge in [-0.1, -0.05) is 53.4 Å². The quantitative estimate of drug-likeness (QED) is 0.400. The van der Waals surface area contributed by atoms with E-state index in [-0.39, 0.29) is 59.8 Å². The third-order valence-electron chi connectivity index (χ3n) is 9.39. The highest BCUT2D eigenvalue weighted by Gasteiger charge is 2.52. The number of carbonyl (C=O) groups excluding carboxylic acids is 5. The molecule has 5 atom stereocenters. The van der Waals surface area contributed by atoms with Crippen LogP contribution >= 0.6 is 0 Å². The van der Waals surface area contributed by atoms with Crippen molar-refractivity contribution in [3.8, 4) is 0 Å². The van der Waals surface area contributed by atoms with Gasteiger partial charge in [0.15, 0.2) is 5.78 Å². The Bertz CT molecular complexity index is 1140. The van der Waals surface area contributed by atoms with Gasteiger partial charge in [0.1, 0.15) is 17.8 Å². The standard InChI is InChI=1S/C32H47N5O5/c1-5-10-26(39)35-30(41)27-22-14-9-13-21(22)19-37(27)31(42)28(32(2,3)4)36-29(40)23(20-11-7-6-8-12-20)17-25(38)24-18-33-15-16-34-24/h15-16,18,20-23,27-28H,5-14,17,19H2,1-4H3,(H,36,40)(H,35,39,41)/t21-,22-,23-,27-,28+/m0/s1. The maximum atomic E-state index is 14.3. The third-order valence-corrected chi connectivity index (χ3v) is 9.39. The van der Waals surface area contributed by atoms with E-state index >= 15 is 0 Å². The Morgan fingerprint density at radius 1 is 1.00 bits per heavy atom. The zero-order valence-electron chi connectivity index (χ0n) is 25.6. The molecule has 2 heterocycles. The van der Waals surface area contributed by atoms with Crippen molar-refractivity contribution < 1.29 is 24.0 Å². The molecule has 1 aliphatic heterocycles. The zero-order chi connectivity index (χ0) is 30.4. The van der Waals surface area contributed by atoms with Gasteiger partial charge >= 0.3 is 0 Å². The molecule has 4 amide bonds. The predicted molar refractivity (Wildman–Crippen MR) is 157 cm³/mol. The van der Waals surface area contributed by atoms with E-state index in [2.05, 4.69) is 20.6 Å². The Labute approximate surface area is 249 Å². The van der Waals surface area contributed by atoms with Crippen LogP contribution in [0.15, 0.2) is 18.6 Å². The number of nitrogens with zero attached hydrogens (tertiary/aromatic N) is 3. The Kier molecular flexibility index (Phi) is 10.5. The van der Waals surface area contributed by atoms with Crippen LogP contribution in [0.25, 0.3) is 0 Å². The number of imide groups is 1. The van der Waals surface area contributed by atoms with Crippen LogP contribution in [-0.4, -0.2) is 62.9 Å². The fourth-order valence-corrected chi connectivity index (χ4v) is 7.19. The molecule has 0 spiro atoms. The van der Waals surface area contributed by atoms with Gasteiger partial charge in [-0.3, -0.25) is 34.3 Å². The highest BCUT2D eigenvalue weighted by atomic mass is 16.2. The summed E-state index contributed by atoms with van der Waals surface area (Å²) in [7, 11) is 0. The zero-order valence-corrected chi connectivity index (χ0v) is 25.6. The lowest BCUT2D eigenvalue weighted by Gasteiger charge is -2.38. The molecular formula is C32H47N5O5. The average Bonchev–Trinajstić information content (AvgIpc) is 3.56. The minimum atomic E-state index is -0.900. The molecule has 0 aromatic carbocycles. The van der Waals surface area contributed by atoms with Gasteiger partial charge < -0.3 is 10.2 Å². The molecule has 4 rings (SSSR count). The van der Waals surface area contributed by atoms with Crippen molar-refractivity contribution in [1.82, 2.24) is 25.5 Å². The number of carbonyl (C=O) groups is 5. The summed E-state index contributed by atoms with van der Waals surface area (Å²) in [5.41, 5.74) is -0.431. The topological polar surface area (TPSA) is 138 Å². The van der Waals surface area contributed by atoms with Gasteiger partial charge in [-0.2, -0.15) is 0 Å². The van der Waals surface area contributed by atoms with Crippen molar-refractivity contribution >= 4 is 29.4 Å². The van der Waals surface area contributed by atoms with Crippen LogP contribution in [0.5, 0.6) is 0 Å². The fraction of sp³-hybridized carbons (Fsp3) is 0.719. The van der Waals surface area contributed by atoms with Crippen molar-refractivity contribution in [3.63, 3.8) is 0 Å². The molecular weight excluding hydrogens is 534 g/mol. The lowest BCUT2D eigenvalue weighted by atomic mass is 9.76. The first-order valence-electron chi connectivity index (χ1n) is 15.7. The van der Waals surface area contributed by atoms with Crippen LogP contribution in [0.3, 0.4) is 0 Å². The Balaban J connectivity index is 1.56. The molecule has 2 saturated carbocycles. The summed E-state index contributed by atoms with van der Waals surface area (Å²) in [6.07, 6.45) is 12.8. The maximum absolute atomic E-state index is 14.3. The van der Waals surface area contributed by atoms with E-state index in [1.807, 2.05) is 27.7 Å². The molecule has 3 aliphatic rings. The van der Waals surface area contributed by atoms with E-state index in [1.165, 1.54) is 18.6 Å². The van der Waals surface area contributed by atoms with Gasteiger partial charge in [-0.05, 0) is 55.3 Å². The van der Waals surface area contributed by atoms with Gasteiger partial charge in [-0.15, -0.1) is 0 Å². The number of aromatic nitrogens is 2. The van der Waals surface area contributed by atoms with E-state index in [4.69, 9.17) is 0 Å². The molecule has 0 unspecified atom stereocenters. The van der Waals surface area contributed by atoms with Crippen LogP contribution < -0.4 is 10.6 Å². The highest BCUT2D eigenvalue weighted by Crippen LogP contribution is 2.43. The van der Waals surface area contributed by atoms with Crippen molar-refractivity contribution in [1.29, 1.82) is 0 Å². The molecule has 0 bridgehead atoms. The van der Waals surface area contributed by atoms with Crippen molar-refractivity contribution in [2.24, 2.45) is 29.1 Å². The number of amides is 4. The van der Waals surface area contributed by atoms with Gasteiger partial charge in [0.05, 0.1) is 6.20 Å². The van der Waals surface area contributed by atoms with Crippen LogP contribution in [0.2, 0.25) is 0 Å². The van der Waals surface area contributed by atoms with Crippen molar-refractivity contribution in [3.05, 3.63) is 24.3 Å². The minimum Gasteiger partial charge on any atom is -0.344 e. The number of Topliss-reactive ketones (excluding diaryl/α,β-unsaturated/α-hetero) is 1. The minimum absolute atomic E-state index is 0.000660. The second kappa shape index (κ2) is 13.9. The molecule has 230 valence electrons. The molecule has 1 saturated heterocycles. The van der Waals surface area contributed by atoms with E-state index in [0.29, 0.717) is 13.0 Å². The number of hydrogen-bond donors (Lipinski definition) is 2. The van der Waals surface area contributed by atoms with Gasteiger partial charge in [0.25, 0.3) is 0 Å². The average molecular weight is 582 g/mol. The van der Waals surface area contributed by atoms with Crippen LogP contribution in [-0.2, 0) is 19.2 Å². The molecule has 1 aromatic heterocycles. The van der Waals surface area contributed by atoms with E-state index in [0.717, 1.165) is 51.4 Å². The van der Waals surface area contributed by atoms with Gasteiger partial charge in [-0.25, -0.2) is 4.98 Å². The van der Waals surface area contributed by atoms with Gasteiger partial charge in [0.2, 0.25) is 23.6 Å². The molecule has 2 N–H and O–H groups in total. The molecule has 1 aromatic rings. The molecule has 42 heavy (non-hydrogen) atoms. The van der Waals surface area contributed by atoms with Gasteiger partial charge in [0, 0.05) is 37.7 Å². The van der Waals surface area contributed by atoms with Crippen molar-refractivity contribution in [2.45, 2.75) is 110 Å². The summed E-state index contributed by atoms with van der Waals surface area (Å²) in [5.74, 6) is -1.99. The lowest BCUT2D eigenvalue weighted by molar-refractivity contribution is -0.146. The number of hydrogen-bond acceptors (Lipinski definition) is 7. The highest BCUT2D eigenvalue weighted by molar-refractivity contribution is 6.01. The first-order chi connectivity index (χ1) is 20.0. The second-order valence-electron chi connectivity index (χ2n) is 13.5. The number of likely N-dealkylation sites (tertiary alicyclic amines) is 1. The summed E-state index contributed by atoms with van der Waals surface area (Å²) in [6, 6.07) is -1.64. The molecule has 10 heteroatoms. The summed E-state index contributed by atoms with van der Waals surface area (Å²) in [6.45, 7) is 8.00. The van der Waals surface area contributed by atoms with E-state index < -0.39 is 29.3 Å². The fourth-order valence-electron chi connectivity index (χ4n) is 7.19. The van der Waals surface area contributed by atoms with Crippen LogP contribution in [0.4, 0.5) is 0 Å². The molecule has 0 radical (unpaired) electrons. The molecule has 10 nitrogen and oxygen atoms in total. The Morgan fingerprint density at radius 2 is 1.74 bits per heavy atom. The SMILES string of the molecule is CCCC(=O)NC(=O)[C@@H]1[C@H]2CCC[C@H]2CN1C(=O)[C@@H](NC(=O)[C@@H](CC(=O)c1cnccn1)C1CCCCC1)C(C)(C)C. The largest absolute Gasteiger partial charge is 0.344 e.